The molecule has 0 aliphatic rings. The molecule has 1 rings (SSSR count). The van der Waals surface area contributed by atoms with Crippen LogP contribution < -0.4 is 5.32 Å². The second kappa shape index (κ2) is 6.15. The van der Waals surface area contributed by atoms with E-state index >= 15 is 0 Å². The fraction of sp³-hybridized carbons (Fsp3) is 0.111. The van der Waals surface area contributed by atoms with Gasteiger partial charge in [-0.3, -0.25) is 9.59 Å². The molecule has 0 fully saturated rings. The molecule has 0 saturated heterocycles. The van der Waals surface area contributed by atoms with E-state index in [1.54, 1.807) is 30.3 Å². The van der Waals surface area contributed by atoms with Crippen molar-refractivity contribution in [3.63, 3.8) is 0 Å². The third-order valence-electron chi connectivity index (χ3n) is 1.44. The molecule has 1 amide bonds. The monoisotopic (exact) mass is 259 g/mol. The van der Waals surface area contributed by atoms with Crippen LogP contribution in [-0.4, -0.2) is 23.5 Å². The summed E-state index contributed by atoms with van der Waals surface area (Å²) in [5.41, 5.74) is 0.462. The largest absolute Gasteiger partial charge is 0.480 e. The lowest BCUT2D eigenvalue weighted by Crippen LogP contribution is -2.29. The van der Waals surface area contributed by atoms with Crippen molar-refractivity contribution in [3.8, 4) is 0 Å². The predicted molar refractivity (Wildman–Crippen MR) is 56.7 cm³/mol. The normalized spacial score (nSPS) is 8.57. The number of carboxylic acids is 1. The summed E-state index contributed by atoms with van der Waals surface area (Å²) in [5.74, 6) is -1.42. The third-order valence-corrected chi connectivity index (χ3v) is 1.44. The van der Waals surface area contributed by atoms with Crippen LogP contribution in [0.15, 0.2) is 30.3 Å². The number of benzene rings is 1. The van der Waals surface area contributed by atoms with Gasteiger partial charge >= 0.3 is 5.97 Å². The van der Waals surface area contributed by atoms with E-state index in [1.807, 2.05) is 0 Å². The van der Waals surface area contributed by atoms with E-state index in [1.165, 1.54) is 0 Å². The van der Waals surface area contributed by atoms with E-state index in [-0.39, 0.29) is 29.4 Å². The second-order valence-corrected chi connectivity index (χ2v) is 2.44. The minimum atomic E-state index is -1.05. The van der Waals surface area contributed by atoms with Crippen LogP contribution in [-0.2, 0) is 4.79 Å². The number of aliphatic carboxylic acids is 1. The number of hydrogen-bond acceptors (Lipinski definition) is 2. The number of rotatable bonds is 3. The fourth-order valence-electron chi connectivity index (χ4n) is 0.847. The maximum atomic E-state index is 11.2. The molecular weight excluding hydrogens is 250 g/mol. The smallest absolute Gasteiger partial charge is 0.322 e. The number of nitrogens with one attached hydrogen (secondary N) is 1. The van der Waals surface area contributed by atoms with Gasteiger partial charge in [0.25, 0.3) is 5.91 Å². The molecule has 0 bridgehead atoms. The Bertz CT molecular complexity index is 313. The molecule has 0 spiro atoms. The highest BCUT2D eigenvalue weighted by atomic mass is 79.9. The Morgan fingerprint density at radius 1 is 1.21 bits per heavy atom. The molecule has 0 unspecified atom stereocenters. The summed E-state index contributed by atoms with van der Waals surface area (Å²) in [5, 5.41) is 10.6. The number of carbonyl (C=O) groups excluding carboxylic acids is 1. The zero-order valence-corrected chi connectivity index (χ0v) is 8.98. The summed E-state index contributed by atoms with van der Waals surface area (Å²) >= 11 is 0. The molecular formula is C9H10BrNO3. The molecule has 14 heavy (non-hydrogen) atoms. The first-order valence-electron chi connectivity index (χ1n) is 3.75. The number of amides is 1. The molecule has 1 aromatic carbocycles. The Morgan fingerprint density at radius 2 is 1.79 bits per heavy atom. The Morgan fingerprint density at radius 3 is 2.29 bits per heavy atom. The van der Waals surface area contributed by atoms with E-state index in [2.05, 4.69) is 5.32 Å². The van der Waals surface area contributed by atoms with Crippen molar-refractivity contribution < 1.29 is 14.7 Å². The van der Waals surface area contributed by atoms with Gasteiger partial charge in [0, 0.05) is 5.56 Å². The van der Waals surface area contributed by atoms with Crippen molar-refractivity contribution in [1.82, 2.24) is 5.32 Å². The van der Waals surface area contributed by atoms with Crippen LogP contribution in [0, 0.1) is 0 Å². The highest BCUT2D eigenvalue weighted by Crippen LogP contribution is 1.96. The SMILES string of the molecule is Br.O=C(O)CNC(=O)c1ccccc1. The molecule has 76 valence electrons. The lowest BCUT2D eigenvalue weighted by atomic mass is 10.2. The zero-order chi connectivity index (χ0) is 9.68. The lowest BCUT2D eigenvalue weighted by Gasteiger charge is -2.00. The van der Waals surface area contributed by atoms with E-state index in [4.69, 9.17) is 5.11 Å². The van der Waals surface area contributed by atoms with Gasteiger partial charge in [0.05, 0.1) is 0 Å². The Kier molecular flexibility index (Phi) is 5.55. The van der Waals surface area contributed by atoms with Gasteiger partial charge in [-0.2, -0.15) is 0 Å². The lowest BCUT2D eigenvalue weighted by molar-refractivity contribution is -0.135. The summed E-state index contributed by atoms with van der Waals surface area (Å²) in [7, 11) is 0. The Labute approximate surface area is 91.7 Å². The van der Waals surface area contributed by atoms with Gasteiger partial charge in [0.2, 0.25) is 0 Å². The van der Waals surface area contributed by atoms with E-state index in [0.717, 1.165) is 0 Å². The topological polar surface area (TPSA) is 66.4 Å². The fourth-order valence-corrected chi connectivity index (χ4v) is 0.847. The zero-order valence-electron chi connectivity index (χ0n) is 7.27. The van der Waals surface area contributed by atoms with Crippen molar-refractivity contribution in [3.05, 3.63) is 35.9 Å². The minimum absolute atomic E-state index is 0. The van der Waals surface area contributed by atoms with Gasteiger partial charge in [0.15, 0.2) is 0 Å². The summed E-state index contributed by atoms with van der Waals surface area (Å²) in [6.07, 6.45) is 0. The molecule has 5 heteroatoms. The molecule has 1 aromatic rings. The molecule has 0 aliphatic carbocycles. The summed E-state index contributed by atoms with van der Waals surface area (Å²) in [6.45, 7) is -0.353. The Balaban J connectivity index is 0.00000169. The first-order valence-corrected chi connectivity index (χ1v) is 3.75. The molecule has 2 N–H and O–H groups in total. The average molecular weight is 260 g/mol. The molecule has 0 aromatic heterocycles. The van der Waals surface area contributed by atoms with Crippen molar-refractivity contribution in [2.45, 2.75) is 0 Å². The standard InChI is InChI=1S/C9H9NO3.BrH/c11-8(12)6-10-9(13)7-4-2-1-3-5-7;/h1-5H,6H2,(H,10,13)(H,11,12);1H. The van der Waals surface area contributed by atoms with Crippen LogP contribution in [0.25, 0.3) is 0 Å². The van der Waals surface area contributed by atoms with Crippen molar-refractivity contribution in [1.29, 1.82) is 0 Å². The van der Waals surface area contributed by atoms with E-state index in [0.29, 0.717) is 5.56 Å². The van der Waals surface area contributed by atoms with Crippen LogP contribution >= 0.6 is 17.0 Å². The molecule has 0 aliphatic heterocycles. The van der Waals surface area contributed by atoms with E-state index < -0.39 is 5.97 Å². The highest BCUT2D eigenvalue weighted by Gasteiger charge is 2.04. The van der Waals surface area contributed by atoms with Gasteiger partial charge in [-0.1, -0.05) is 18.2 Å². The van der Waals surface area contributed by atoms with Crippen molar-refractivity contribution >= 4 is 28.9 Å². The number of halogens is 1. The van der Waals surface area contributed by atoms with Crippen LogP contribution in [0.2, 0.25) is 0 Å². The molecule has 4 nitrogen and oxygen atoms in total. The first-order chi connectivity index (χ1) is 6.20. The van der Waals surface area contributed by atoms with Crippen molar-refractivity contribution in [2.75, 3.05) is 6.54 Å². The Hall–Kier alpha value is -1.36. The predicted octanol–water partition coefficient (Wildman–Crippen LogP) is 1.08. The second-order valence-electron chi connectivity index (χ2n) is 2.44. The van der Waals surface area contributed by atoms with Crippen LogP contribution in [0.1, 0.15) is 10.4 Å². The quantitative estimate of drug-likeness (QED) is 0.854. The first kappa shape index (κ1) is 12.6. The summed E-state index contributed by atoms with van der Waals surface area (Å²) < 4.78 is 0. The van der Waals surface area contributed by atoms with Gasteiger partial charge in [-0.15, -0.1) is 17.0 Å². The molecule has 0 saturated carbocycles. The van der Waals surface area contributed by atoms with Crippen LogP contribution in [0.5, 0.6) is 0 Å². The average Bonchev–Trinajstić information content (AvgIpc) is 2.15. The number of carboxylic acid groups (broad SMARTS) is 1. The summed E-state index contributed by atoms with van der Waals surface area (Å²) in [6, 6.07) is 8.47. The molecule has 0 radical (unpaired) electrons. The van der Waals surface area contributed by atoms with E-state index in [9.17, 15) is 9.59 Å². The summed E-state index contributed by atoms with van der Waals surface area (Å²) in [4.78, 5) is 21.3. The minimum Gasteiger partial charge on any atom is -0.480 e. The van der Waals surface area contributed by atoms with Gasteiger partial charge in [-0.05, 0) is 12.1 Å². The maximum absolute atomic E-state index is 11.2. The third kappa shape index (κ3) is 4.04. The van der Waals surface area contributed by atoms with Crippen molar-refractivity contribution in [2.24, 2.45) is 0 Å². The molecule has 0 atom stereocenters. The van der Waals surface area contributed by atoms with Crippen LogP contribution in [0.3, 0.4) is 0 Å². The van der Waals surface area contributed by atoms with Gasteiger partial charge in [-0.25, -0.2) is 0 Å². The number of carbonyl (C=O) groups is 2. The van der Waals surface area contributed by atoms with Gasteiger partial charge in [0.1, 0.15) is 6.54 Å². The maximum Gasteiger partial charge on any atom is 0.322 e. The van der Waals surface area contributed by atoms with Crippen LogP contribution in [0.4, 0.5) is 0 Å². The molecule has 0 heterocycles. The highest BCUT2D eigenvalue weighted by molar-refractivity contribution is 8.93. The van der Waals surface area contributed by atoms with Gasteiger partial charge < -0.3 is 10.4 Å². The number of hydrogen-bond donors (Lipinski definition) is 2.